The highest BCUT2D eigenvalue weighted by molar-refractivity contribution is 5.78. The summed E-state index contributed by atoms with van der Waals surface area (Å²) in [5, 5.41) is 3.52. The molecule has 0 spiro atoms. The van der Waals surface area contributed by atoms with Crippen LogP contribution in [-0.2, 0) is 13.6 Å². The Morgan fingerprint density at radius 2 is 2.00 bits per heavy atom. The number of nitrogens with zero attached hydrogens (tertiary/aromatic N) is 2. The van der Waals surface area contributed by atoms with Gasteiger partial charge in [-0.1, -0.05) is 0 Å². The summed E-state index contributed by atoms with van der Waals surface area (Å²) in [5.74, 6) is 1.14. The van der Waals surface area contributed by atoms with Crippen LogP contribution < -0.4 is 5.32 Å². The minimum atomic E-state index is 0.735. The molecule has 1 fully saturated rings. The average Bonchev–Trinajstić information content (AvgIpc) is 3.07. The van der Waals surface area contributed by atoms with Crippen LogP contribution in [0.1, 0.15) is 29.8 Å². The van der Waals surface area contributed by atoms with Gasteiger partial charge in [0.2, 0.25) is 0 Å². The molecule has 1 aromatic carbocycles. The van der Waals surface area contributed by atoms with Gasteiger partial charge < -0.3 is 9.88 Å². The Kier molecular flexibility index (Phi) is 2.44. The molecule has 3 nitrogen and oxygen atoms in total. The predicted molar refractivity (Wildman–Crippen MR) is 70.0 cm³/mol. The number of benzene rings is 1. The van der Waals surface area contributed by atoms with Gasteiger partial charge in [0.1, 0.15) is 5.82 Å². The van der Waals surface area contributed by atoms with Crippen molar-refractivity contribution in [3.63, 3.8) is 0 Å². The van der Waals surface area contributed by atoms with Crippen molar-refractivity contribution in [1.29, 1.82) is 0 Å². The fourth-order valence-corrected chi connectivity index (χ4v) is 2.18. The lowest BCUT2D eigenvalue weighted by molar-refractivity contribution is 0.639. The zero-order chi connectivity index (χ0) is 12.0. The number of hydrogen-bond donors (Lipinski definition) is 1. The quantitative estimate of drug-likeness (QED) is 0.876. The Balaban J connectivity index is 1.98. The van der Waals surface area contributed by atoms with Crippen molar-refractivity contribution in [2.24, 2.45) is 7.05 Å². The van der Waals surface area contributed by atoms with Gasteiger partial charge in [-0.2, -0.15) is 0 Å². The van der Waals surface area contributed by atoms with Crippen LogP contribution in [0.5, 0.6) is 0 Å². The Hall–Kier alpha value is -1.35. The third kappa shape index (κ3) is 1.95. The fraction of sp³-hybridized carbons (Fsp3) is 0.500. The van der Waals surface area contributed by atoms with Crippen molar-refractivity contribution in [2.45, 2.75) is 39.3 Å². The van der Waals surface area contributed by atoms with Crippen molar-refractivity contribution in [3.8, 4) is 0 Å². The number of nitrogens with one attached hydrogen (secondary N) is 1. The first-order valence-electron chi connectivity index (χ1n) is 6.31. The van der Waals surface area contributed by atoms with E-state index in [4.69, 9.17) is 4.98 Å². The molecule has 90 valence electrons. The van der Waals surface area contributed by atoms with Gasteiger partial charge >= 0.3 is 0 Å². The van der Waals surface area contributed by atoms with Crippen LogP contribution in [0.4, 0.5) is 0 Å². The van der Waals surface area contributed by atoms with Crippen LogP contribution in [0.25, 0.3) is 11.0 Å². The molecule has 0 aliphatic heterocycles. The molecule has 2 aromatic rings. The highest BCUT2D eigenvalue weighted by Gasteiger charge is 2.21. The summed E-state index contributed by atoms with van der Waals surface area (Å²) in [5.41, 5.74) is 5.00. The summed E-state index contributed by atoms with van der Waals surface area (Å²) in [6.45, 7) is 5.18. The van der Waals surface area contributed by atoms with Crippen molar-refractivity contribution in [2.75, 3.05) is 0 Å². The first kappa shape index (κ1) is 10.8. The Bertz CT molecular complexity index is 564. The lowest BCUT2D eigenvalue weighted by Gasteiger charge is -2.04. The number of hydrogen-bond acceptors (Lipinski definition) is 2. The van der Waals surface area contributed by atoms with E-state index < -0.39 is 0 Å². The molecular formula is C14H19N3. The van der Waals surface area contributed by atoms with Crippen LogP contribution in [-0.4, -0.2) is 15.6 Å². The van der Waals surface area contributed by atoms with Crippen LogP contribution in [0.15, 0.2) is 12.1 Å². The van der Waals surface area contributed by atoms with Crippen LogP contribution in [0, 0.1) is 13.8 Å². The fourth-order valence-electron chi connectivity index (χ4n) is 2.18. The molecule has 17 heavy (non-hydrogen) atoms. The van der Waals surface area contributed by atoms with Crippen molar-refractivity contribution in [1.82, 2.24) is 14.9 Å². The van der Waals surface area contributed by atoms with E-state index in [9.17, 15) is 0 Å². The van der Waals surface area contributed by atoms with E-state index in [1.165, 1.54) is 29.5 Å². The number of fused-ring (bicyclic) bond motifs is 1. The maximum atomic E-state index is 4.71. The zero-order valence-electron chi connectivity index (χ0n) is 10.7. The third-order valence-electron chi connectivity index (χ3n) is 3.72. The summed E-state index contributed by atoms with van der Waals surface area (Å²) in [6, 6.07) is 5.15. The summed E-state index contributed by atoms with van der Waals surface area (Å²) < 4.78 is 2.21. The molecule has 1 aromatic heterocycles. The molecule has 3 heteroatoms. The first-order chi connectivity index (χ1) is 8.15. The van der Waals surface area contributed by atoms with Gasteiger partial charge in [-0.25, -0.2) is 4.98 Å². The van der Waals surface area contributed by atoms with Crippen LogP contribution >= 0.6 is 0 Å². The van der Waals surface area contributed by atoms with E-state index in [0.29, 0.717) is 0 Å². The second-order valence-corrected chi connectivity index (χ2v) is 5.17. The van der Waals surface area contributed by atoms with Crippen molar-refractivity contribution < 1.29 is 0 Å². The SMILES string of the molecule is Cc1cc2nc(CNC3CC3)n(C)c2cc1C. The van der Waals surface area contributed by atoms with E-state index in [-0.39, 0.29) is 0 Å². The molecule has 0 saturated heterocycles. The van der Waals surface area contributed by atoms with Gasteiger partial charge in [0, 0.05) is 13.1 Å². The molecular weight excluding hydrogens is 210 g/mol. The second kappa shape index (κ2) is 3.84. The number of rotatable bonds is 3. The molecule has 1 aliphatic carbocycles. The third-order valence-corrected chi connectivity index (χ3v) is 3.72. The zero-order valence-corrected chi connectivity index (χ0v) is 10.7. The molecule has 0 atom stereocenters. The summed E-state index contributed by atoms with van der Waals surface area (Å²) in [7, 11) is 2.11. The van der Waals surface area contributed by atoms with E-state index in [1.54, 1.807) is 0 Å². The molecule has 1 heterocycles. The molecule has 0 radical (unpaired) electrons. The molecule has 1 aliphatic rings. The molecule has 1 N–H and O–H groups in total. The van der Waals surface area contributed by atoms with Gasteiger partial charge in [-0.05, 0) is 49.9 Å². The van der Waals surface area contributed by atoms with Gasteiger partial charge in [0.15, 0.2) is 0 Å². The van der Waals surface area contributed by atoms with Gasteiger partial charge in [-0.15, -0.1) is 0 Å². The maximum Gasteiger partial charge on any atom is 0.123 e. The van der Waals surface area contributed by atoms with E-state index in [0.717, 1.165) is 23.9 Å². The topological polar surface area (TPSA) is 29.9 Å². The monoisotopic (exact) mass is 229 g/mol. The number of imidazole rings is 1. The molecule has 3 rings (SSSR count). The predicted octanol–water partition coefficient (Wildman–Crippen LogP) is 2.44. The van der Waals surface area contributed by atoms with Gasteiger partial charge in [-0.3, -0.25) is 0 Å². The van der Waals surface area contributed by atoms with Crippen LogP contribution in [0.3, 0.4) is 0 Å². The normalized spacial score (nSPS) is 15.7. The van der Waals surface area contributed by atoms with Crippen molar-refractivity contribution >= 4 is 11.0 Å². The summed E-state index contributed by atoms with van der Waals surface area (Å²) in [6.07, 6.45) is 2.64. The molecule has 0 unspecified atom stereocenters. The van der Waals surface area contributed by atoms with Crippen LogP contribution in [0.2, 0.25) is 0 Å². The standard InChI is InChI=1S/C14H19N3/c1-9-6-12-13(7-10(9)2)17(3)14(16-12)8-15-11-4-5-11/h6-7,11,15H,4-5,8H2,1-3H3. The van der Waals surface area contributed by atoms with Crippen molar-refractivity contribution in [3.05, 3.63) is 29.1 Å². The van der Waals surface area contributed by atoms with E-state index >= 15 is 0 Å². The lowest BCUT2D eigenvalue weighted by Crippen LogP contribution is -2.18. The first-order valence-corrected chi connectivity index (χ1v) is 6.31. The average molecular weight is 229 g/mol. The Labute approximate surface area is 102 Å². The molecule has 0 bridgehead atoms. The maximum absolute atomic E-state index is 4.71. The molecule has 1 saturated carbocycles. The highest BCUT2D eigenvalue weighted by Crippen LogP contribution is 2.22. The second-order valence-electron chi connectivity index (χ2n) is 5.17. The summed E-state index contributed by atoms with van der Waals surface area (Å²) >= 11 is 0. The number of aryl methyl sites for hydroxylation is 3. The minimum absolute atomic E-state index is 0.735. The highest BCUT2D eigenvalue weighted by atomic mass is 15.1. The van der Waals surface area contributed by atoms with E-state index in [2.05, 4.69) is 42.9 Å². The largest absolute Gasteiger partial charge is 0.330 e. The smallest absolute Gasteiger partial charge is 0.123 e. The number of aromatic nitrogens is 2. The Morgan fingerprint density at radius 1 is 1.29 bits per heavy atom. The minimum Gasteiger partial charge on any atom is -0.330 e. The lowest BCUT2D eigenvalue weighted by atomic mass is 10.1. The Morgan fingerprint density at radius 3 is 2.71 bits per heavy atom. The van der Waals surface area contributed by atoms with Gasteiger partial charge in [0.05, 0.1) is 17.6 Å². The summed E-state index contributed by atoms with van der Waals surface area (Å²) in [4.78, 5) is 4.71. The van der Waals surface area contributed by atoms with E-state index in [1.807, 2.05) is 0 Å². The van der Waals surface area contributed by atoms with Gasteiger partial charge in [0.25, 0.3) is 0 Å². The molecule has 0 amide bonds.